The van der Waals surface area contributed by atoms with Gasteiger partial charge in [-0.2, -0.15) is 5.10 Å². The molecule has 2 aromatic carbocycles. The maximum atomic E-state index is 12.5. The van der Waals surface area contributed by atoms with Gasteiger partial charge in [-0.15, -0.1) is 0 Å². The van der Waals surface area contributed by atoms with Crippen molar-refractivity contribution in [3.05, 3.63) is 71.5 Å². The SMILES string of the molecule is CCOc1ccc(NC(=O)c2ccnn2COc2ccccc2Cl)cc1. The summed E-state index contributed by atoms with van der Waals surface area (Å²) >= 11 is 6.07. The molecule has 0 fully saturated rings. The lowest BCUT2D eigenvalue weighted by molar-refractivity contribution is 0.100. The number of ether oxygens (including phenoxy) is 2. The molecular weight excluding hydrogens is 354 g/mol. The second-order valence-electron chi connectivity index (χ2n) is 5.33. The standard InChI is InChI=1S/C19H18ClN3O3/c1-2-25-15-9-7-14(8-10-15)22-19(24)17-11-12-21-23(17)13-26-18-6-4-3-5-16(18)20/h3-12H,2,13H2,1H3,(H,22,24). The lowest BCUT2D eigenvalue weighted by Gasteiger charge is -2.11. The van der Waals surface area contributed by atoms with E-state index in [2.05, 4.69) is 10.4 Å². The van der Waals surface area contributed by atoms with Crippen molar-refractivity contribution in [3.63, 3.8) is 0 Å². The molecule has 7 heteroatoms. The third-order valence-electron chi connectivity index (χ3n) is 3.55. The van der Waals surface area contributed by atoms with E-state index in [1.54, 1.807) is 48.7 Å². The second-order valence-corrected chi connectivity index (χ2v) is 5.74. The molecule has 1 aromatic heterocycles. The molecule has 1 heterocycles. The van der Waals surface area contributed by atoms with Gasteiger partial charge in [-0.1, -0.05) is 23.7 Å². The van der Waals surface area contributed by atoms with E-state index in [0.717, 1.165) is 5.75 Å². The van der Waals surface area contributed by atoms with Crippen LogP contribution >= 0.6 is 11.6 Å². The lowest BCUT2D eigenvalue weighted by atomic mass is 10.3. The van der Waals surface area contributed by atoms with Crippen molar-refractivity contribution in [2.24, 2.45) is 0 Å². The van der Waals surface area contributed by atoms with Crippen LogP contribution in [0.3, 0.4) is 0 Å². The second kappa shape index (κ2) is 8.40. The van der Waals surface area contributed by atoms with Crippen molar-refractivity contribution in [1.29, 1.82) is 0 Å². The molecule has 26 heavy (non-hydrogen) atoms. The normalized spacial score (nSPS) is 10.4. The molecule has 6 nitrogen and oxygen atoms in total. The number of nitrogens with one attached hydrogen (secondary N) is 1. The molecule has 3 rings (SSSR count). The van der Waals surface area contributed by atoms with Crippen molar-refractivity contribution in [3.8, 4) is 11.5 Å². The number of amides is 1. The maximum absolute atomic E-state index is 12.5. The van der Waals surface area contributed by atoms with Gasteiger partial charge in [0.05, 0.1) is 11.6 Å². The van der Waals surface area contributed by atoms with Crippen LogP contribution in [0.4, 0.5) is 5.69 Å². The Morgan fingerprint density at radius 1 is 1.12 bits per heavy atom. The topological polar surface area (TPSA) is 65.4 Å². The Morgan fingerprint density at radius 2 is 1.88 bits per heavy atom. The van der Waals surface area contributed by atoms with Gasteiger partial charge in [0.2, 0.25) is 0 Å². The van der Waals surface area contributed by atoms with E-state index >= 15 is 0 Å². The average Bonchev–Trinajstić information content (AvgIpc) is 3.12. The zero-order valence-corrected chi connectivity index (χ0v) is 14.9. The first-order valence-electron chi connectivity index (χ1n) is 8.10. The summed E-state index contributed by atoms with van der Waals surface area (Å²) in [6.45, 7) is 2.58. The summed E-state index contributed by atoms with van der Waals surface area (Å²) in [5.41, 5.74) is 1.05. The monoisotopic (exact) mass is 371 g/mol. The highest BCUT2D eigenvalue weighted by Crippen LogP contribution is 2.23. The molecule has 134 valence electrons. The maximum Gasteiger partial charge on any atom is 0.274 e. The molecule has 0 spiro atoms. The number of carbonyl (C=O) groups excluding carboxylic acids is 1. The minimum atomic E-state index is -0.283. The summed E-state index contributed by atoms with van der Waals surface area (Å²) in [5.74, 6) is 1.00. The average molecular weight is 372 g/mol. The summed E-state index contributed by atoms with van der Waals surface area (Å²) in [5, 5.41) is 7.46. The number of aromatic nitrogens is 2. The number of benzene rings is 2. The molecule has 0 unspecified atom stereocenters. The van der Waals surface area contributed by atoms with Crippen molar-refractivity contribution < 1.29 is 14.3 Å². The van der Waals surface area contributed by atoms with Gasteiger partial charge in [0.1, 0.15) is 17.2 Å². The Bertz CT molecular complexity index is 878. The number of anilines is 1. The van der Waals surface area contributed by atoms with Crippen LogP contribution < -0.4 is 14.8 Å². The first-order chi connectivity index (χ1) is 12.7. The Balaban J connectivity index is 1.65. The van der Waals surface area contributed by atoms with Crippen molar-refractivity contribution in [2.45, 2.75) is 13.7 Å². The Hall–Kier alpha value is -2.99. The first-order valence-corrected chi connectivity index (χ1v) is 8.48. The minimum Gasteiger partial charge on any atom is -0.494 e. The summed E-state index contributed by atoms with van der Waals surface area (Å²) in [6.07, 6.45) is 1.54. The van der Waals surface area contributed by atoms with Crippen molar-refractivity contribution in [2.75, 3.05) is 11.9 Å². The summed E-state index contributed by atoms with van der Waals surface area (Å²) < 4.78 is 12.5. The zero-order valence-electron chi connectivity index (χ0n) is 14.2. The molecule has 0 aliphatic rings. The predicted octanol–water partition coefficient (Wildman–Crippen LogP) is 4.22. The lowest BCUT2D eigenvalue weighted by Crippen LogP contribution is -2.19. The number of halogens is 1. The quantitative estimate of drug-likeness (QED) is 0.675. The van der Waals surface area contributed by atoms with Crippen LogP contribution in [0.25, 0.3) is 0 Å². The van der Waals surface area contributed by atoms with Gasteiger partial charge in [0.15, 0.2) is 6.73 Å². The zero-order chi connectivity index (χ0) is 18.4. The van der Waals surface area contributed by atoms with Crippen LogP contribution in [0.5, 0.6) is 11.5 Å². The van der Waals surface area contributed by atoms with E-state index in [0.29, 0.717) is 28.8 Å². The van der Waals surface area contributed by atoms with Crippen LogP contribution in [0.1, 0.15) is 17.4 Å². The molecule has 1 amide bonds. The van der Waals surface area contributed by atoms with Gasteiger partial charge in [-0.3, -0.25) is 4.79 Å². The van der Waals surface area contributed by atoms with Gasteiger partial charge in [-0.05, 0) is 49.4 Å². The molecule has 3 aromatic rings. The van der Waals surface area contributed by atoms with Crippen molar-refractivity contribution in [1.82, 2.24) is 9.78 Å². The molecule has 0 saturated heterocycles. The minimum absolute atomic E-state index is 0.0722. The molecule has 0 bridgehead atoms. The van der Waals surface area contributed by atoms with E-state index < -0.39 is 0 Å². The fourth-order valence-electron chi connectivity index (χ4n) is 2.32. The molecule has 0 atom stereocenters. The van der Waals surface area contributed by atoms with Crippen molar-refractivity contribution >= 4 is 23.2 Å². The number of carbonyl (C=O) groups is 1. The Morgan fingerprint density at radius 3 is 2.62 bits per heavy atom. The molecule has 1 N–H and O–H groups in total. The summed E-state index contributed by atoms with van der Waals surface area (Å²) in [4.78, 5) is 12.5. The van der Waals surface area contributed by atoms with Crippen LogP contribution in [0.2, 0.25) is 5.02 Å². The van der Waals surface area contributed by atoms with Crippen LogP contribution in [-0.2, 0) is 6.73 Å². The molecule has 0 radical (unpaired) electrons. The van der Waals surface area contributed by atoms with Crippen LogP contribution in [0, 0.1) is 0 Å². The molecule has 0 aliphatic heterocycles. The third kappa shape index (κ3) is 4.34. The largest absolute Gasteiger partial charge is 0.494 e. The van der Waals surface area contributed by atoms with Gasteiger partial charge < -0.3 is 14.8 Å². The predicted molar refractivity (Wildman–Crippen MR) is 99.9 cm³/mol. The Kier molecular flexibility index (Phi) is 5.76. The summed E-state index contributed by atoms with van der Waals surface area (Å²) in [6, 6.07) is 15.9. The van der Waals surface area contributed by atoms with E-state index in [4.69, 9.17) is 21.1 Å². The van der Waals surface area contributed by atoms with Gasteiger partial charge in [0, 0.05) is 11.9 Å². The Labute approximate surface area is 156 Å². The third-order valence-corrected chi connectivity index (χ3v) is 3.86. The van der Waals surface area contributed by atoms with E-state index in [1.807, 2.05) is 19.1 Å². The highest BCUT2D eigenvalue weighted by molar-refractivity contribution is 6.32. The van der Waals surface area contributed by atoms with E-state index in [9.17, 15) is 4.79 Å². The number of nitrogens with zero attached hydrogens (tertiary/aromatic N) is 2. The number of hydrogen-bond donors (Lipinski definition) is 1. The van der Waals surface area contributed by atoms with Crippen LogP contribution in [0.15, 0.2) is 60.8 Å². The van der Waals surface area contributed by atoms with E-state index in [-0.39, 0.29) is 12.6 Å². The fourth-order valence-corrected chi connectivity index (χ4v) is 2.51. The summed E-state index contributed by atoms with van der Waals surface area (Å²) in [7, 11) is 0. The van der Waals surface area contributed by atoms with Crippen LogP contribution in [-0.4, -0.2) is 22.3 Å². The smallest absolute Gasteiger partial charge is 0.274 e. The first kappa shape index (κ1) is 17.8. The van der Waals surface area contributed by atoms with Gasteiger partial charge >= 0.3 is 0 Å². The molecule has 0 saturated carbocycles. The highest BCUT2D eigenvalue weighted by Gasteiger charge is 2.13. The molecular formula is C19H18ClN3O3. The number of rotatable bonds is 7. The number of para-hydroxylation sites is 1. The van der Waals surface area contributed by atoms with E-state index in [1.165, 1.54) is 4.68 Å². The fraction of sp³-hybridized carbons (Fsp3) is 0.158. The van der Waals surface area contributed by atoms with Gasteiger partial charge in [0.25, 0.3) is 5.91 Å². The number of hydrogen-bond acceptors (Lipinski definition) is 4. The van der Waals surface area contributed by atoms with Gasteiger partial charge in [-0.25, -0.2) is 4.68 Å². The highest BCUT2D eigenvalue weighted by atomic mass is 35.5. The molecule has 0 aliphatic carbocycles.